The Morgan fingerprint density at radius 3 is 3.16 bits per heavy atom. The Hall–Kier alpha value is -1.69. The highest BCUT2D eigenvalue weighted by molar-refractivity contribution is 5.06. The van der Waals surface area contributed by atoms with Gasteiger partial charge in [0.2, 0.25) is 5.89 Å². The van der Waals surface area contributed by atoms with E-state index < -0.39 is 0 Å². The van der Waals surface area contributed by atoms with Crippen molar-refractivity contribution in [2.45, 2.75) is 45.2 Å². The minimum atomic E-state index is 0.431. The van der Waals surface area contributed by atoms with E-state index in [-0.39, 0.29) is 0 Å². The van der Waals surface area contributed by atoms with Crippen molar-refractivity contribution >= 4 is 0 Å². The summed E-state index contributed by atoms with van der Waals surface area (Å²) in [6.45, 7) is 3.76. The molecule has 1 aliphatic rings. The third kappa shape index (κ3) is 2.84. The molecule has 0 aromatic carbocycles. The van der Waals surface area contributed by atoms with Gasteiger partial charge in [0.1, 0.15) is 0 Å². The number of nitrogens with zero attached hydrogens (tertiary/aromatic N) is 4. The van der Waals surface area contributed by atoms with Crippen molar-refractivity contribution in [1.29, 1.82) is 0 Å². The molecule has 0 saturated carbocycles. The minimum absolute atomic E-state index is 0.431. The fraction of sp³-hybridized carbons (Fsp3) is 0.615. The summed E-state index contributed by atoms with van der Waals surface area (Å²) in [5.74, 6) is 1.38. The fourth-order valence-corrected chi connectivity index (χ4v) is 2.57. The largest absolute Gasteiger partial charge is 0.339 e. The average molecular weight is 261 g/mol. The molecule has 6 heteroatoms. The van der Waals surface area contributed by atoms with E-state index in [1.54, 1.807) is 0 Å². The van der Waals surface area contributed by atoms with Crippen molar-refractivity contribution in [3.05, 3.63) is 29.9 Å². The Balaban J connectivity index is 1.66. The second kappa shape index (κ2) is 5.52. The monoisotopic (exact) mass is 261 g/mol. The number of aromatic nitrogens is 4. The van der Waals surface area contributed by atoms with E-state index in [1.807, 2.05) is 19.4 Å². The smallest absolute Gasteiger partial charge is 0.228 e. The fourth-order valence-electron chi connectivity index (χ4n) is 2.57. The van der Waals surface area contributed by atoms with Crippen LogP contribution in [-0.4, -0.2) is 26.2 Å². The van der Waals surface area contributed by atoms with Crippen molar-refractivity contribution < 1.29 is 4.52 Å². The van der Waals surface area contributed by atoms with Crippen LogP contribution in [0.3, 0.4) is 0 Å². The lowest BCUT2D eigenvalue weighted by atomic mass is 10.0. The van der Waals surface area contributed by atoms with Gasteiger partial charge in [0, 0.05) is 25.2 Å². The summed E-state index contributed by atoms with van der Waals surface area (Å²) >= 11 is 0. The molecule has 1 N–H and O–H groups in total. The number of rotatable bonds is 4. The van der Waals surface area contributed by atoms with Crippen molar-refractivity contribution in [2.24, 2.45) is 0 Å². The lowest BCUT2D eigenvalue weighted by Crippen LogP contribution is -2.28. The summed E-state index contributed by atoms with van der Waals surface area (Å²) in [4.78, 5) is 8.50. The molecule has 6 nitrogen and oxygen atoms in total. The van der Waals surface area contributed by atoms with Crippen LogP contribution in [0.4, 0.5) is 0 Å². The average Bonchev–Trinajstić information content (AvgIpc) is 3.06. The van der Waals surface area contributed by atoms with E-state index in [1.165, 1.54) is 25.0 Å². The molecule has 2 aromatic rings. The molecule has 102 valence electrons. The SMILES string of the molecule is Cc1noc(CCn2cncc2C2CCCCN2)n1. The number of aryl methyl sites for hydroxylation is 3. The molecule has 0 spiro atoms. The molecule has 0 amide bonds. The second-order valence-corrected chi connectivity index (χ2v) is 5.00. The molecule has 1 saturated heterocycles. The maximum Gasteiger partial charge on any atom is 0.228 e. The number of imidazole rings is 1. The molecular weight excluding hydrogens is 242 g/mol. The topological polar surface area (TPSA) is 68.8 Å². The van der Waals surface area contributed by atoms with Gasteiger partial charge in [-0.25, -0.2) is 4.98 Å². The van der Waals surface area contributed by atoms with Crippen molar-refractivity contribution in [3.63, 3.8) is 0 Å². The summed E-state index contributed by atoms with van der Waals surface area (Å²) in [5, 5.41) is 7.36. The summed E-state index contributed by atoms with van der Waals surface area (Å²) in [6, 6.07) is 0.431. The lowest BCUT2D eigenvalue weighted by Gasteiger charge is -2.24. The van der Waals surface area contributed by atoms with Gasteiger partial charge >= 0.3 is 0 Å². The third-order valence-electron chi connectivity index (χ3n) is 3.55. The number of hydrogen-bond acceptors (Lipinski definition) is 5. The Morgan fingerprint density at radius 1 is 1.47 bits per heavy atom. The molecule has 0 aliphatic carbocycles. The molecule has 19 heavy (non-hydrogen) atoms. The zero-order valence-electron chi connectivity index (χ0n) is 11.2. The van der Waals surface area contributed by atoms with Gasteiger partial charge in [-0.15, -0.1) is 0 Å². The molecule has 0 bridgehead atoms. The summed E-state index contributed by atoms with van der Waals surface area (Å²) in [7, 11) is 0. The highest BCUT2D eigenvalue weighted by Crippen LogP contribution is 2.22. The van der Waals surface area contributed by atoms with Crippen LogP contribution in [0.2, 0.25) is 0 Å². The van der Waals surface area contributed by atoms with E-state index in [9.17, 15) is 0 Å². The first-order valence-electron chi connectivity index (χ1n) is 6.85. The molecule has 3 rings (SSSR count). The lowest BCUT2D eigenvalue weighted by molar-refractivity contribution is 0.361. The van der Waals surface area contributed by atoms with Crippen LogP contribution >= 0.6 is 0 Å². The van der Waals surface area contributed by atoms with Gasteiger partial charge in [-0.3, -0.25) is 0 Å². The second-order valence-electron chi connectivity index (χ2n) is 5.00. The molecule has 0 radical (unpaired) electrons. The van der Waals surface area contributed by atoms with Crippen LogP contribution in [0.25, 0.3) is 0 Å². The molecule has 1 fully saturated rings. The first-order chi connectivity index (χ1) is 9.33. The van der Waals surface area contributed by atoms with Gasteiger partial charge in [-0.2, -0.15) is 4.98 Å². The predicted molar refractivity (Wildman–Crippen MR) is 69.6 cm³/mol. The van der Waals surface area contributed by atoms with Gasteiger partial charge < -0.3 is 14.4 Å². The molecule has 1 atom stereocenters. The van der Waals surface area contributed by atoms with Gasteiger partial charge in [-0.1, -0.05) is 11.6 Å². The Kier molecular flexibility index (Phi) is 3.59. The first kappa shape index (κ1) is 12.3. The zero-order valence-corrected chi connectivity index (χ0v) is 11.2. The Labute approximate surface area is 112 Å². The molecule has 1 unspecified atom stereocenters. The van der Waals surface area contributed by atoms with Crippen LogP contribution in [0.5, 0.6) is 0 Å². The van der Waals surface area contributed by atoms with Crippen molar-refractivity contribution in [2.75, 3.05) is 6.54 Å². The third-order valence-corrected chi connectivity index (χ3v) is 3.55. The van der Waals surface area contributed by atoms with E-state index in [0.29, 0.717) is 17.8 Å². The number of hydrogen-bond donors (Lipinski definition) is 1. The molecule has 3 heterocycles. The summed E-state index contributed by atoms with van der Waals surface area (Å²) in [5.41, 5.74) is 1.26. The number of nitrogens with one attached hydrogen (secondary N) is 1. The normalized spacial score (nSPS) is 19.7. The van der Waals surface area contributed by atoms with E-state index in [2.05, 4.69) is 25.0 Å². The quantitative estimate of drug-likeness (QED) is 0.906. The maximum atomic E-state index is 5.14. The predicted octanol–water partition coefficient (Wildman–Crippen LogP) is 1.63. The maximum absolute atomic E-state index is 5.14. The van der Waals surface area contributed by atoms with Crippen molar-refractivity contribution in [1.82, 2.24) is 25.0 Å². The van der Waals surface area contributed by atoms with Crippen molar-refractivity contribution in [3.8, 4) is 0 Å². The first-order valence-corrected chi connectivity index (χ1v) is 6.85. The van der Waals surface area contributed by atoms with E-state index in [0.717, 1.165) is 19.5 Å². The van der Waals surface area contributed by atoms with Gasteiger partial charge in [0.05, 0.1) is 12.0 Å². The highest BCUT2D eigenvalue weighted by Gasteiger charge is 2.18. The van der Waals surface area contributed by atoms with Crippen LogP contribution in [0, 0.1) is 6.92 Å². The van der Waals surface area contributed by atoms with Gasteiger partial charge in [0.25, 0.3) is 0 Å². The van der Waals surface area contributed by atoms with Crippen LogP contribution < -0.4 is 5.32 Å². The Bertz CT molecular complexity index is 527. The van der Waals surface area contributed by atoms with Crippen LogP contribution in [0.15, 0.2) is 17.0 Å². The van der Waals surface area contributed by atoms with Crippen LogP contribution in [0.1, 0.15) is 42.7 Å². The molecule has 1 aliphatic heterocycles. The van der Waals surface area contributed by atoms with E-state index in [4.69, 9.17) is 4.52 Å². The Morgan fingerprint density at radius 2 is 2.42 bits per heavy atom. The van der Waals surface area contributed by atoms with Gasteiger partial charge in [0.15, 0.2) is 5.82 Å². The van der Waals surface area contributed by atoms with Gasteiger partial charge in [-0.05, 0) is 26.3 Å². The molecule has 2 aromatic heterocycles. The highest BCUT2D eigenvalue weighted by atomic mass is 16.5. The van der Waals surface area contributed by atoms with E-state index >= 15 is 0 Å². The summed E-state index contributed by atoms with van der Waals surface area (Å²) < 4.78 is 7.32. The minimum Gasteiger partial charge on any atom is -0.339 e. The number of piperidine rings is 1. The molecular formula is C13H19N5O. The standard InChI is InChI=1S/C13H19N5O/c1-10-16-13(19-17-10)5-7-18-9-14-8-12(18)11-4-2-3-6-15-11/h8-9,11,15H,2-7H2,1H3. The summed E-state index contributed by atoms with van der Waals surface area (Å²) in [6.07, 6.45) is 8.33. The zero-order chi connectivity index (χ0) is 13.1. The van der Waals surface area contributed by atoms with Crippen LogP contribution in [-0.2, 0) is 13.0 Å².